The number of rotatable bonds is 11. The second-order valence-corrected chi connectivity index (χ2v) is 11.5. The van der Waals surface area contributed by atoms with Crippen molar-refractivity contribution in [3.63, 3.8) is 0 Å². The fraction of sp³-hybridized carbons (Fsp3) is 0.459. The first-order chi connectivity index (χ1) is 19.6. The molecule has 1 N–H and O–H groups in total. The fourth-order valence-electron chi connectivity index (χ4n) is 6.87. The van der Waals surface area contributed by atoms with Gasteiger partial charge in [-0.2, -0.15) is 0 Å². The van der Waals surface area contributed by atoms with Crippen molar-refractivity contribution in [2.24, 2.45) is 11.8 Å². The van der Waals surface area contributed by atoms with Gasteiger partial charge in [0.2, 0.25) is 0 Å². The fourth-order valence-corrected chi connectivity index (χ4v) is 6.87. The molecular weight excluding hydrogens is 483 g/mol. The van der Waals surface area contributed by atoms with Crippen LogP contribution in [0.5, 0.6) is 0 Å². The van der Waals surface area contributed by atoms with Crippen molar-refractivity contribution in [2.45, 2.75) is 83.7 Å². The van der Waals surface area contributed by atoms with Gasteiger partial charge in [-0.3, -0.25) is 0 Å². The molecule has 4 atom stereocenters. The molecule has 213 valence electrons. The Morgan fingerprint density at radius 2 is 1.57 bits per heavy atom. The molecule has 2 heterocycles. The summed E-state index contributed by atoms with van der Waals surface area (Å²) in [6.45, 7) is 22.6. The van der Waals surface area contributed by atoms with Crippen molar-refractivity contribution < 1.29 is 0 Å². The topological polar surface area (TPSA) is 15.3 Å². The van der Waals surface area contributed by atoms with Crippen LogP contribution in [0.1, 0.15) is 71.6 Å². The lowest BCUT2D eigenvalue weighted by Gasteiger charge is -2.44. The van der Waals surface area contributed by atoms with E-state index in [0.717, 1.165) is 6.54 Å². The van der Waals surface area contributed by atoms with Crippen LogP contribution in [-0.2, 0) is 0 Å². The van der Waals surface area contributed by atoms with Gasteiger partial charge in [0.1, 0.15) is 0 Å². The van der Waals surface area contributed by atoms with Crippen molar-refractivity contribution >= 4 is 7.28 Å². The van der Waals surface area contributed by atoms with E-state index in [1.807, 2.05) is 30.4 Å². The lowest BCUT2D eigenvalue weighted by molar-refractivity contribution is 0.0962. The van der Waals surface area contributed by atoms with Crippen LogP contribution >= 0.6 is 0 Å². The van der Waals surface area contributed by atoms with Crippen LogP contribution in [0.4, 0.5) is 0 Å². The maximum absolute atomic E-state index is 4.18. The average molecular weight is 536 g/mol. The third-order valence-corrected chi connectivity index (χ3v) is 8.88. The Bertz CT molecular complexity index is 1070. The first kappa shape index (κ1) is 31.7. The zero-order valence-electron chi connectivity index (χ0n) is 25.3. The van der Waals surface area contributed by atoms with Crippen LogP contribution in [0, 0.1) is 11.8 Å². The van der Waals surface area contributed by atoms with E-state index in [9.17, 15) is 0 Å². The smallest absolute Gasteiger partial charge is 0.186 e. The number of piperidine rings is 1. The summed E-state index contributed by atoms with van der Waals surface area (Å²) in [7, 11) is 2.30. The number of hydrogen-bond donors (Lipinski definition) is 1. The third kappa shape index (κ3) is 8.86. The van der Waals surface area contributed by atoms with Crippen LogP contribution in [0.25, 0.3) is 0 Å². The highest BCUT2D eigenvalue weighted by Gasteiger charge is 2.36. The molecule has 3 rings (SSSR count). The highest BCUT2D eigenvalue weighted by atomic mass is 15.2. The van der Waals surface area contributed by atoms with Crippen molar-refractivity contribution in [1.82, 2.24) is 10.2 Å². The van der Waals surface area contributed by atoms with Crippen LogP contribution in [0.2, 0.25) is 0 Å². The Labute approximate surface area is 246 Å². The second kappa shape index (κ2) is 17.1. The van der Waals surface area contributed by atoms with E-state index in [4.69, 9.17) is 0 Å². The van der Waals surface area contributed by atoms with Crippen LogP contribution in [-0.4, -0.2) is 37.4 Å². The highest BCUT2D eigenvalue weighted by Crippen LogP contribution is 2.42. The van der Waals surface area contributed by atoms with Gasteiger partial charge in [0.05, 0.1) is 0 Å². The molecule has 2 aliphatic heterocycles. The molecular formula is C37H52BN2. The minimum Gasteiger partial charge on any atom is -0.383 e. The minimum atomic E-state index is 0.354. The maximum atomic E-state index is 4.18. The first-order valence-electron chi connectivity index (χ1n) is 15.5. The van der Waals surface area contributed by atoms with Gasteiger partial charge in [0.25, 0.3) is 0 Å². The maximum Gasteiger partial charge on any atom is 0.186 e. The van der Waals surface area contributed by atoms with E-state index in [1.54, 1.807) is 0 Å². The molecule has 3 unspecified atom stereocenters. The standard InChI is InChI=1S/C37H52BN2/c1-7-12-20-31(10-4)39-32-21-16-15-17-22-33(26-25-32)40-27-18-19-30(28-40)37-34(23-13-8-2)29(6)38-36(11-5)35(37)24-14-9-3/h7-14,20,23-24,30,32-33,37,39H,1-3,5,15-19,21-22,25-28H2,4,6H3/b20-12-,23-13-,24-14-,31-10+/t30?,32?,33?,37-/m0/s1. The minimum absolute atomic E-state index is 0.354. The molecule has 1 aliphatic carbocycles. The molecule has 0 aromatic carbocycles. The number of likely N-dealkylation sites (tertiary alicyclic amines) is 1. The summed E-state index contributed by atoms with van der Waals surface area (Å²) in [5, 5.41) is 3.84. The van der Waals surface area contributed by atoms with Gasteiger partial charge in [-0.25, -0.2) is 0 Å². The molecule has 40 heavy (non-hydrogen) atoms. The SMILES string of the molecule is C=C/C=C\C1=C(C)[B]C(C=C)=C(/C=C\C=C)[C@H]1C1CCCN(C2CCCCCC(NC(/C=C\C=C)=C/C)CC2)C1. The summed E-state index contributed by atoms with van der Waals surface area (Å²) in [6, 6.07) is 1.19. The van der Waals surface area contributed by atoms with Crippen molar-refractivity contribution in [2.75, 3.05) is 13.1 Å². The summed E-state index contributed by atoms with van der Waals surface area (Å²) in [4.78, 5) is 2.86. The molecule has 0 amide bonds. The molecule has 2 fully saturated rings. The molecule has 2 nitrogen and oxygen atoms in total. The summed E-state index contributed by atoms with van der Waals surface area (Å²) in [5.41, 5.74) is 6.59. The predicted octanol–water partition coefficient (Wildman–Crippen LogP) is 8.95. The molecule has 0 spiro atoms. The van der Waals surface area contributed by atoms with E-state index in [1.165, 1.54) is 92.1 Å². The average Bonchev–Trinajstić information content (AvgIpc) is 3.09. The normalized spacial score (nSPS) is 27.8. The van der Waals surface area contributed by atoms with Gasteiger partial charge < -0.3 is 10.2 Å². The number of hydrogen-bond acceptors (Lipinski definition) is 2. The molecule has 1 saturated carbocycles. The van der Waals surface area contributed by atoms with Gasteiger partial charge in [0, 0.05) is 30.2 Å². The van der Waals surface area contributed by atoms with Crippen molar-refractivity contribution in [3.05, 3.63) is 121 Å². The Hall–Kier alpha value is -2.78. The van der Waals surface area contributed by atoms with E-state index in [-0.39, 0.29) is 0 Å². The van der Waals surface area contributed by atoms with Crippen LogP contribution in [0.15, 0.2) is 121 Å². The quantitative estimate of drug-likeness (QED) is 0.210. The van der Waals surface area contributed by atoms with Crippen molar-refractivity contribution in [3.8, 4) is 0 Å². The lowest BCUT2D eigenvalue weighted by Crippen LogP contribution is -2.46. The number of allylic oxidation sites excluding steroid dienone is 15. The largest absolute Gasteiger partial charge is 0.383 e. The van der Waals surface area contributed by atoms with Gasteiger partial charge in [-0.05, 0) is 69.6 Å². The van der Waals surface area contributed by atoms with Gasteiger partial charge in [-0.1, -0.05) is 124 Å². The Kier molecular flexibility index (Phi) is 13.6. The second-order valence-electron chi connectivity index (χ2n) is 11.5. The zero-order valence-corrected chi connectivity index (χ0v) is 25.3. The van der Waals surface area contributed by atoms with Gasteiger partial charge >= 0.3 is 0 Å². The summed E-state index contributed by atoms with van der Waals surface area (Å²) in [6.07, 6.45) is 34.3. The molecule has 0 aromatic rings. The van der Waals surface area contributed by atoms with Crippen molar-refractivity contribution in [1.29, 1.82) is 0 Å². The van der Waals surface area contributed by atoms with E-state index >= 15 is 0 Å². The van der Waals surface area contributed by atoms with Gasteiger partial charge in [0.15, 0.2) is 7.28 Å². The summed E-state index contributed by atoms with van der Waals surface area (Å²) < 4.78 is 0. The number of nitrogens with one attached hydrogen (secondary N) is 1. The molecule has 0 aromatic heterocycles. The van der Waals surface area contributed by atoms with Crippen LogP contribution in [0.3, 0.4) is 0 Å². The van der Waals surface area contributed by atoms with Gasteiger partial charge in [-0.15, -0.1) is 5.47 Å². The number of nitrogens with zero attached hydrogens (tertiary/aromatic N) is 1. The molecule has 1 saturated heterocycles. The third-order valence-electron chi connectivity index (χ3n) is 8.88. The summed E-state index contributed by atoms with van der Waals surface area (Å²) >= 11 is 0. The Balaban J connectivity index is 1.83. The highest BCUT2D eigenvalue weighted by molar-refractivity contribution is 6.55. The Morgan fingerprint density at radius 1 is 0.850 bits per heavy atom. The van der Waals surface area contributed by atoms with Crippen LogP contribution < -0.4 is 5.32 Å². The first-order valence-corrected chi connectivity index (χ1v) is 15.5. The zero-order chi connectivity index (χ0) is 28.7. The molecule has 0 bridgehead atoms. The van der Waals surface area contributed by atoms with E-state index in [0.29, 0.717) is 23.9 Å². The molecule has 3 heteroatoms. The van der Waals surface area contributed by atoms with E-state index < -0.39 is 0 Å². The lowest BCUT2D eigenvalue weighted by atomic mass is 9.52. The monoisotopic (exact) mass is 535 g/mol. The molecule has 1 radical (unpaired) electrons. The molecule has 3 aliphatic rings. The Morgan fingerprint density at radius 3 is 2.27 bits per heavy atom. The summed E-state index contributed by atoms with van der Waals surface area (Å²) in [5.74, 6) is 0.925. The van der Waals surface area contributed by atoms with E-state index in [2.05, 4.69) is 94.1 Å². The predicted molar refractivity (Wildman–Crippen MR) is 178 cm³/mol.